The SMILES string of the molecule is NC(CS)C(=O)N[B]c1ccc([B]c2ccc(S(=O)(=O)NC(=O)NC3CCCCC3)cc2)cc1. The highest BCUT2D eigenvalue weighted by Gasteiger charge is 2.21. The zero-order valence-electron chi connectivity index (χ0n) is 18.7. The molecule has 0 bridgehead atoms. The van der Waals surface area contributed by atoms with E-state index >= 15 is 0 Å². The first-order valence-corrected chi connectivity index (χ1v) is 13.3. The van der Waals surface area contributed by atoms with Crippen LogP contribution in [-0.2, 0) is 14.8 Å². The molecule has 8 nitrogen and oxygen atoms in total. The average Bonchev–Trinajstić information content (AvgIpc) is 2.83. The van der Waals surface area contributed by atoms with Gasteiger partial charge in [0.1, 0.15) is 0 Å². The Kier molecular flexibility index (Phi) is 9.49. The van der Waals surface area contributed by atoms with Gasteiger partial charge >= 0.3 is 6.03 Å². The molecule has 34 heavy (non-hydrogen) atoms. The van der Waals surface area contributed by atoms with E-state index in [4.69, 9.17) is 5.73 Å². The molecule has 1 saturated carbocycles. The van der Waals surface area contributed by atoms with E-state index in [1.54, 1.807) is 19.5 Å². The largest absolute Gasteiger partial charge is 0.397 e. The van der Waals surface area contributed by atoms with E-state index in [1.165, 1.54) is 12.1 Å². The lowest BCUT2D eigenvalue weighted by atomic mass is 9.63. The molecule has 178 valence electrons. The molecular formula is C22H28B2N4O4S2. The number of benzene rings is 2. The molecule has 12 heteroatoms. The normalized spacial score (nSPS) is 15.1. The van der Waals surface area contributed by atoms with Crippen molar-refractivity contribution < 1.29 is 18.0 Å². The highest BCUT2D eigenvalue weighted by molar-refractivity contribution is 7.90. The third kappa shape index (κ3) is 7.82. The third-order valence-corrected chi connectivity index (χ3v) is 7.28. The molecule has 5 N–H and O–H groups in total. The molecule has 2 aromatic rings. The van der Waals surface area contributed by atoms with Crippen LogP contribution < -0.4 is 37.4 Å². The molecule has 0 aromatic heterocycles. The maximum atomic E-state index is 12.5. The number of carbonyl (C=O) groups excluding carboxylic acids is 2. The summed E-state index contributed by atoms with van der Waals surface area (Å²) in [6, 6.07) is 12.4. The fourth-order valence-corrected chi connectivity index (χ4v) is 4.69. The van der Waals surface area contributed by atoms with Crippen molar-refractivity contribution in [2.75, 3.05) is 5.75 Å². The smallest absolute Gasteiger partial charge is 0.328 e. The number of thiol groups is 1. The van der Waals surface area contributed by atoms with Crippen molar-refractivity contribution in [3.8, 4) is 0 Å². The van der Waals surface area contributed by atoms with Crippen LogP contribution >= 0.6 is 12.6 Å². The van der Waals surface area contributed by atoms with Gasteiger partial charge in [-0.2, -0.15) is 12.6 Å². The van der Waals surface area contributed by atoms with Crippen LogP contribution in [0.5, 0.6) is 0 Å². The highest BCUT2D eigenvalue weighted by atomic mass is 32.2. The quantitative estimate of drug-likeness (QED) is 0.230. The van der Waals surface area contributed by atoms with Gasteiger partial charge in [-0.05, 0) is 25.0 Å². The van der Waals surface area contributed by atoms with Crippen LogP contribution in [0.25, 0.3) is 0 Å². The van der Waals surface area contributed by atoms with Crippen molar-refractivity contribution in [1.29, 1.82) is 0 Å². The number of carbonyl (C=O) groups is 2. The monoisotopic (exact) mass is 498 g/mol. The van der Waals surface area contributed by atoms with Crippen molar-refractivity contribution in [3.05, 3.63) is 48.5 Å². The summed E-state index contributed by atoms with van der Waals surface area (Å²) in [6.07, 6.45) is 4.97. The Hall–Kier alpha value is -2.43. The lowest BCUT2D eigenvalue weighted by Gasteiger charge is -2.22. The van der Waals surface area contributed by atoms with Crippen LogP contribution in [-0.4, -0.2) is 52.9 Å². The third-order valence-electron chi connectivity index (χ3n) is 5.54. The first-order valence-electron chi connectivity index (χ1n) is 11.1. The molecule has 0 aliphatic heterocycles. The van der Waals surface area contributed by atoms with E-state index in [-0.39, 0.29) is 22.6 Å². The van der Waals surface area contributed by atoms with Crippen molar-refractivity contribution >= 4 is 65.7 Å². The van der Waals surface area contributed by atoms with E-state index in [2.05, 4.69) is 27.9 Å². The van der Waals surface area contributed by atoms with Gasteiger partial charge in [0.2, 0.25) is 5.91 Å². The summed E-state index contributed by atoms with van der Waals surface area (Å²) in [6.45, 7) is 0. The second-order valence-corrected chi connectivity index (χ2v) is 10.3. The van der Waals surface area contributed by atoms with Crippen molar-refractivity contribution in [2.24, 2.45) is 5.73 Å². The number of nitrogens with one attached hydrogen (secondary N) is 3. The van der Waals surface area contributed by atoms with Gasteiger partial charge in [0.25, 0.3) is 17.4 Å². The molecule has 1 aliphatic rings. The summed E-state index contributed by atoms with van der Waals surface area (Å²) < 4.78 is 27.2. The first-order chi connectivity index (χ1) is 16.3. The molecule has 2 radical (unpaired) electrons. The fraction of sp³-hybridized carbons (Fsp3) is 0.364. The molecule has 0 saturated heterocycles. The van der Waals surface area contributed by atoms with Crippen LogP contribution in [0.3, 0.4) is 0 Å². The topological polar surface area (TPSA) is 130 Å². The molecule has 1 atom stereocenters. The number of rotatable bonds is 9. The fourth-order valence-electron chi connectivity index (χ4n) is 3.61. The van der Waals surface area contributed by atoms with Crippen molar-refractivity contribution in [1.82, 2.24) is 15.3 Å². The predicted octanol–water partition coefficient (Wildman–Crippen LogP) is -0.720. The molecule has 1 aliphatic carbocycles. The zero-order valence-corrected chi connectivity index (χ0v) is 20.4. The van der Waals surface area contributed by atoms with Crippen LogP contribution in [0.1, 0.15) is 32.1 Å². The van der Waals surface area contributed by atoms with Gasteiger partial charge in [0.15, 0.2) is 7.28 Å². The lowest BCUT2D eigenvalue weighted by Crippen LogP contribution is -2.46. The van der Waals surface area contributed by atoms with Gasteiger partial charge < -0.3 is 16.3 Å². The summed E-state index contributed by atoms with van der Waals surface area (Å²) in [4.78, 5) is 23.9. The Balaban J connectivity index is 1.52. The molecule has 2 aromatic carbocycles. The van der Waals surface area contributed by atoms with Crippen molar-refractivity contribution in [2.45, 2.75) is 49.1 Å². The standard InChI is InChI=1S/C22H28B2N4O4S2/c25-20(14-33)21(29)27-24-17-8-6-15(7-9-17)23-16-10-12-19(13-11-16)34(31,32)28-22(30)26-18-4-2-1-3-5-18/h6-13,18,20,33H,1-5,14,25H2,(H,27,29)(H2,26,28,30). The van der Waals surface area contributed by atoms with Gasteiger partial charge in [0, 0.05) is 11.8 Å². The number of nitrogens with two attached hydrogens (primary N) is 1. The number of urea groups is 1. The maximum absolute atomic E-state index is 12.5. The summed E-state index contributed by atoms with van der Waals surface area (Å²) in [5, 5.41) is 5.38. The molecule has 3 rings (SSSR count). The second kappa shape index (κ2) is 12.3. The molecule has 1 unspecified atom stereocenters. The minimum absolute atomic E-state index is 0.0172. The van der Waals surface area contributed by atoms with Crippen LogP contribution in [0.4, 0.5) is 4.79 Å². The molecular weight excluding hydrogens is 470 g/mol. The lowest BCUT2D eigenvalue weighted by molar-refractivity contribution is -0.120. The predicted molar refractivity (Wildman–Crippen MR) is 139 cm³/mol. The number of amides is 3. The highest BCUT2D eigenvalue weighted by Crippen LogP contribution is 2.17. The van der Waals surface area contributed by atoms with Gasteiger partial charge in [-0.25, -0.2) is 17.9 Å². The summed E-state index contributed by atoms with van der Waals surface area (Å²) in [5.41, 5.74) is 8.12. The zero-order chi connectivity index (χ0) is 24.6. The summed E-state index contributed by atoms with van der Waals surface area (Å²) in [7, 11) is -0.492. The first kappa shape index (κ1) is 26.2. The Labute approximate surface area is 207 Å². The molecule has 1 fully saturated rings. The number of hydrogen-bond donors (Lipinski definition) is 5. The van der Waals surface area contributed by atoms with Gasteiger partial charge in [-0.15, -0.1) is 0 Å². The summed E-state index contributed by atoms with van der Waals surface area (Å²) >= 11 is 4.00. The van der Waals surface area contributed by atoms with E-state index in [9.17, 15) is 18.0 Å². The van der Waals surface area contributed by atoms with E-state index < -0.39 is 22.1 Å². The van der Waals surface area contributed by atoms with Gasteiger partial charge in [-0.3, -0.25) is 4.79 Å². The minimum Gasteiger partial charge on any atom is -0.397 e. The van der Waals surface area contributed by atoms with E-state index in [1.807, 2.05) is 31.5 Å². The Morgan fingerprint density at radius 2 is 1.53 bits per heavy atom. The maximum Gasteiger partial charge on any atom is 0.328 e. The van der Waals surface area contributed by atoms with Gasteiger partial charge in [-0.1, -0.05) is 72.0 Å². The van der Waals surface area contributed by atoms with E-state index in [0.29, 0.717) is 0 Å². The van der Waals surface area contributed by atoms with Crippen LogP contribution in [0.15, 0.2) is 53.4 Å². The molecule has 0 heterocycles. The van der Waals surface area contributed by atoms with E-state index in [0.717, 1.165) is 48.5 Å². The number of sulfonamides is 1. The minimum atomic E-state index is -3.96. The van der Waals surface area contributed by atoms with Crippen LogP contribution in [0, 0.1) is 0 Å². The number of hydrogen-bond acceptors (Lipinski definition) is 6. The van der Waals surface area contributed by atoms with Crippen molar-refractivity contribution in [3.63, 3.8) is 0 Å². The Bertz CT molecular complexity index is 1080. The average molecular weight is 498 g/mol. The molecule has 0 spiro atoms. The Morgan fingerprint density at radius 3 is 2.12 bits per heavy atom. The van der Waals surface area contributed by atoms with Gasteiger partial charge in [0.05, 0.1) is 10.9 Å². The molecule has 3 amide bonds. The summed E-state index contributed by atoms with van der Waals surface area (Å²) in [5.74, 6) is -0.0427. The Morgan fingerprint density at radius 1 is 0.971 bits per heavy atom. The van der Waals surface area contributed by atoms with Crippen LogP contribution in [0.2, 0.25) is 0 Å². The second-order valence-electron chi connectivity index (χ2n) is 8.24.